The summed E-state index contributed by atoms with van der Waals surface area (Å²) >= 11 is 23.2. The maximum absolute atomic E-state index is 9.40. The molecule has 9 heteroatoms. The second kappa shape index (κ2) is 20.0. The summed E-state index contributed by atoms with van der Waals surface area (Å²) in [5, 5.41) is 17.7. The van der Waals surface area contributed by atoms with Crippen LogP contribution in [0.15, 0.2) is 97.1 Å². The SMILES string of the molecule is CC(C)(C)[Si](C)(C)Oc1ccc(C2CCC(CC(=S)Nc3cccc(Cl)c3)CC2)cc1.Oc1ccc(C2CCC(CC(=S)Nc3cccc(Cl)c3)CC2)cc1. The van der Waals surface area contributed by atoms with E-state index in [1.807, 2.05) is 60.7 Å². The normalized spacial score (nSPS) is 20.1. The summed E-state index contributed by atoms with van der Waals surface area (Å²) in [6.45, 7) is 11.4. The molecule has 0 radical (unpaired) electrons. The number of hydrogen-bond acceptors (Lipinski definition) is 4. The predicted octanol–water partition coefficient (Wildman–Crippen LogP) is 15.0. The summed E-state index contributed by atoms with van der Waals surface area (Å²) in [6.07, 6.45) is 11.6. The van der Waals surface area contributed by atoms with Gasteiger partial charge in [-0.15, -0.1) is 0 Å². The standard InChI is InChI=1S/C26H36ClNOSSi.C20H22ClNOS/c1-26(2,3)31(4,5)29-24-15-13-21(14-16-24)20-11-9-19(10-12-20)17-25(30)28-23-8-6-7-22(27)18-23;21-17-2-1-3-18(13-17)22-20(24)12-14-4-6-15(7-5-14)16-8-10-19(23)11-9-16/h6-8,13-16,18-20H,9-12,17H2,1-5H3,(H,28,30);1-3,8-11,13-15,23H,4-7,12H2,(H,22,24). The number of aromatic hydroxyl groups is 1. The number of halogens is 2. The van der Waals surface area contributed by atoms with Crippen LogP contribution in [0.2, 0.25) is 28.2 Å². The highest BCUT2D eigenvalue weighted by Crippen LogP contribution is 2.41. The van der Waals surface area contributed by atoms with E-state index < -0.39 is 8.32 Å². The van der Waals surface area contributed by atoms with Crippen molar-refractivity contribution < 1.29 is 9.53 Å². The van der Waals surface area contributed by atoms with Gasteiger partial charge >= 0.3 is 0 Å². The Morgan fingerprint density at radius 2 is 1.05 bits per heavy atom. The first-order valence-corrected chi connectivity index (χ1v) is 24.3. The van der Waals surface area contributed by atoms with E-state index in [4.69, 9.17) is 52.1 Å². The fourth-order valence-corrected chi connectivity index (χ4v) is 9.60. The van der Waals surface area contributed by atoms with Crippen molar-refractivity contribution in [1.29, 1.82) is 0 Å². The second-order valence-corrected chi connectivity index (χ2v) is 23.6. The number of phenols is 1. The first-order chi connectivity index (χ1) is 26.1. The Labute approximate surface area is 351 Å². The first kappa shape index (κ1) is 43.2. The average molecular weight is 834 g/mol. The Bertz CT molecular complexity index is 1850. The molecule has 2 saturated carbocycles. The zero-order valence-corrected chi connectivity index (χ0v) is 37.2. The lowest BCUT2D eigenvalue weighted by Crippen LogP contribution is -2.43. The topological polar surface area (TPSA) is 53.5 Å². The van der Waals surface area contributed by atoms with Gasteiger partial charge in [-0.3, -0.25) is 0 Å². The van der Waals surface area contributed by atoms with Crippen molar-refractivity contribution in [2.45, 2.75) is 115 Å². The zero-order valence-electron chi connectivity index (χ0n) is 33.0. The molecule has 6 rings (SSSR count). The average Bonchev–Trinajstić information content (AvgIpc) is 3.13. The van der Waals surface area contributed by atoms with Crippen LogP contribution in [-0.2, 0) is 0 Å². The molecule has 4 nitrogen and oxygen atoms in total. The molecule has 55 heavy (non-hydrogen) atoms. The molecule has 0 saturated heterocycles. The summed E-state index contributed by atoms with van der Waals surface area (Å²) in [5.41, 5.74) is 4.73. The largest absolute Gasteiger partial charge is 0.544 e. The molecule has 2 aliphatic carbocycles. The minimum atomic E-state index is -1.78. The molecule has 2 fully saturated rings. The molecule has 0 spiro atoms. The highest BCUT2D eigenvalue weighted by Gasteiger charge is 2.39. The fraction of sp³-hybridized carbons (Fsp3) is 0.435. The molecule has 0 aliphatic heterocycles. The Kier molecular flexibility index (Phi) is 15.7. The fourth-order valence-electron chi connectivity index (χ4n) is 7.48. The molecule has 294 valence electrons. The highest BCUT2D eigenvalue weighted by molar-refractivity contribution is 7.80. The lowest BCUT2D eigenvalue weighted by atomic mass is 9.77. The maximum Gasteiger partial charge on any atom is 0.250 e. The monoisotopic (exact) mass is 832 g/mol. The van der Waals surface area contributed by atoms with Crippen molar-refractivity contribution in [1.82, 2.24) is 0 Å². The number of rotatable bonds is 10. The minimum Gasteiger partial charge on any atom is -0.544 e. The molecular formula is C46H58Cl2N2O2S2Si. The van der Waals surface area contributed by atoms with Crippen LogP contribution in [-0.4, -0.2) is 23.4 Å². The zero-order chi connectivity index (χ0) is 39.6. The predicted molar refractivity (Wildman–Crippen MR) is 246 cm³/mol. The van der Waals surface area contributed by atoms with E-state index in [-0.39, 0.29) is 5.04 Å². The smallest absolute Gasteiger partial charge is 0.250 e. The summed E-state index contributed by atoms with van der Waals surface area (Å²) in [4.78, 5) is 1.81. The van der Waals surface area contributed by atoms with Gasteiger partial charge in [-0.2, -0.15) is 0 Å². The third kappa shape index (κ3) is 13.6. The van der Waals surface area contributed by atoms with Crippen molar-refractivity contribution in [2.75, 3.05) is 10.6 Å². The number of benzene rings is 4. The van der Waals surface area contributed by atoms with Gasteiger partial charge in [0.05, 0.1) is 9.98 Å². The molecule has 0 amide bonds. The highest BCUT2D eigenvalue weighted by atomic mass is 35.5. The first-order valence-electron chi connectivity index (χ1n) is 19.8. The van der Waals surface area contributed by atoms with E-state index in [0.717, 1.165) is 50.0 Å². The van der Waals surface area contributed by atoms with E-state index in [0.29, 0.717) is 29.4 Å². The molecule has 4 aromatic rings. The third-order valence-corrected chi connectivity index (χ3v) is 17.1. The van der Waals surface area contributed by atoms with Crippen molar-refractivity contribution >= 4 is 77.3 Å². The molecule has 4 aromatic carbocycles. The minimum absolute atomic E-state index is 0.215. The molecule has 0 bridgehead atoms. The summed E-state index contributed by atoms with van der Waals surface area (Å²) in [5.74, 6) is 3.92. The van der Waals surface area contributed by atoms with Crippen LogP contribution in [0.3, 0.4) is 0 Å². The van der Waals surface area contributed by atoms with Crippen LogP contribution in [0.4, 0.5) is 11.4 Å². The Balaban J connectivity index is 0.000000218. The van der Waals surface area contributed by atoms with Gasteiger partial charge in [0.25, 0.3) is 0 Å². The number of nitrogens with one attached hydrogen (secondary N) is 2. The Morgan fingerprint density at radius 3 is 1.44 bits per heavy atom. The van der Waals surface area contributed by atoms with E-state index >= 15 is 0 Å². The van der Waals surface area contributed by atoms with Gasteiger partial charge in [0.2, 0.25) is 8.32 Å². The second-order valence-electron chi connectivity index (χ2n) is 17.0. The van der Waals surface area contributed by atoms with Gasteiger partial charge in [0, 0.05) is 34.3 Å². The molecule has 3 N–H and O–H groups in total. The molecular weight excluding hydrogens is 776 g/mol. The van der Waals surface area contributed by atoms with Crippen LogP contribution >= 0.6 is 47.6 Å². The lowest BCUT2D eigenvalue weighted by molar-refractivity contribution is 0.334. The number of anilines is 2. The van der Waals surface area contributed by atoms with Crippen LogP contribution in [0.25, 0.3) is 0 Å². The Hall–Kier alpha value is -2.94. The molecule has 0 heterocycles. The van der Waals surface area contributed by atoms with E-state index in [9.17, 15) is 5.11 Å². The van der Waals surface area contributed by atoms with Gasteiger partial charge in [0.15, 0.2) is 0 Å². The quantitative estimate of drug-likeness (QED) is 0.109. The number of phenolic OH excluding ortho intramolecular Hbond substituents is 1. The number of thiocarbonyl (C=S) groups is 2. The molecule has 0 atom stereocenters. The van der Waals surface area contributed by atoms with Crippen molar-refractivity contribution in [3.05, 3.63) is 118 Å². The van der Waals surface area contributed by atoms with Gasteiger partial charge < -0.3 is 20.2 Å². The molecule has 0 aromatic heterocycles. The van der Waals surface area contributed by atoms with Crippen molar-refractivity contribution in [3.63, 3.8) is 0 Å². The van der Waals surface area contributed by atoms with Crippen LogP contribution in [0.5, 0.6) is 11.5 Å². The van der Waals surface area contributed by atoms with Crippen LogP contribution < -0.4 is 15.1 Å². The van der Waals surface area contributed by atoms with Gasteiger partial charge in [-0.05, 0) is 165 Å². The Morgan fingerprint density at radius 1 is 0.655 bits per heavy atom. The van der Waals surface area contributed by atoms with Crippen LogP contribution in [0.1, 0.15) is 108 Å². The van der Waals surface area contributed by atoms with Crippen molar-refractivity contribution in [3.8, 4) is 11.5 Å². The molecule has 2 aliphatic rings. The van der Waals surface area contributed by atoms with Crippen molar-refractivity contribution in [2.24, 2.45) is 11.8 Å². The van der Waals surface area contributed by atoms with E-state index in [1.165, 1.54) is 62.5 Å². The van der Waals surface area contributed by atoms with Gasteiger partial charge in [-0.25, -0.2) is 0 Å². The van der Waals surface area contributed by atoms with E-state index in [1.54, 1.807) is 12.1 Å². The number of hydrogen-bond donors (Lipinski definition) is 3. The van der Waals surface area contributed by atoms with Gasteiger partial charge in [0.1, 0.15) is 11.5 Å². The molecule has 0 unspecified atom stereocenters. The summed E-state index contributed by atoms with van der Waals surface area (Å²) in [6, 6.07) is 32.0. The third-order valence-electron chi connectivity index (χ3n) is 11.8. The van der Waals surface area contributed by atoms with Crippen LogP contribution in [0, 0.1) is 11.8 Å². The summed E-state index contributed by atoms with van der Waals surface area (Å²) in [7, 11) is -1.78. The van der Waals surface area contributed by atoms with Gasteiger partial charge in [-0.1, -0.05) is 105 Å². The lowest BCUT2D eigenvalue weighted by Gasteiger charge is -2.36. The van der Waals surface area contributed by atoms with E-state index in [2.05, 4.69) is 68.8 Å². The maximum atomic E-state index is 9.40. The summed E-state index contributed by atoms with van der Waals surface area (Å²) < 4.78 is 6.43.